The van der Waals surface area contributed by atoms with E-state index < -0.39 is 0 Å². The van der Waals surface area contributed by atoms with Gasteiger partial charge in [-0.25, -0.2) is 0 Å². The Balaban J connectivity index is 1.51. The first-order valence-corrected chi connectivity index (χ1v) is 8.24. The molecular formula is C18H24O2. The molecule has 2 fully saturated rings. The summed E-state index contributed by atoms with van der Waals surface area (Å²) in [6, 6.07) is 6.61. The van der Waals surface area contributed by atoms with Crippen molar-refractivity contribution in [3.8, 4) is 5.75 Å². The predicted molar refractivity (Wildman–Crippen MR) is 79.0 cm³/mol. The van der Waals surface area contributed by atoms with Crippen LogP contribution in [0.1, 0.15) is 56.1 Å². The van der Waals surface area contributed by atoms with Crippen LogP contribution in [-0.2, 0) is 12.8 Å². The highest BCUT2D eigenvalue weighted by Gasteiger charge is 2.56. The van der Waals surface area contributed by atoms with Gasteiger partial charge < -0.3 is 9.84 Å². The second-order valence-electron chi connectivity index (χ2n) is 6.94. The first-order chi connectivity index (χ1) is 9.78. The Morgan fingerprint density at radius 2 is 1.80 bits per heavy atom. The fourth-order valence-corrected chi connectivity index (χ4v) is 4.54. The molecule has 108 valence electrons. The topological polar surface area (TPSA) is 29.5 Å². The Kier molecular flexibility index (Phi) is 3.03. The fourth-order valence-electron chi connectivity index (χ4n) is 4.54. The van der Waals surface area contributed by atoms with E-state index in [1.807, 2.05) is 0 Å². The molecule has 0 bridgehead atoms. The standard InChI is InChI=1S/C18H24O2/c19-16-12-17(18(16)9-2-1-3-10-18)20-15-8-7-13-5-4-6-14(13)11-15/h7-8,11,16-17,19H,1-6,9-10,12H2. The third kappa shape index (κ3) is 1.88. The van der Waals surface area contributed by atoms with Crippen molar-refractivity contribution in [1.82, 2.24) is 0 Å². The SMILES string of the molecule is OC1CC(Oc2ccc3c(c2)CCC3)C12CCCCC2. The maximum atomic E-state index is 10.2. The van der Waals surface area contributed by atoms with Crippen molar-refractivity contribution in [2.45, 2.75) is 70.0 Å². The summed E-state index contributed by atoms with van der Waals surface area (Å²) in [5.41, 5.74) is 3.04. The zero-order valence-electron chi connectivity index (χ0n) is 12.1. The van der Waals surface area contributed by atoms with Gasteiger partial charge in [-0.1, -0.05) is 25.3 Å². The zero-order chi connectivity index (χ0) is 13.6. The van der Waals surface area contributed by atoms with Crippen molar-refractivity contribution in [2.24, 2.45) is 5.41 Å². The lowest BCUT2D eigenvalue weighted by molar-refractivity contribution is -0.172. The molecule has 0 radical (unpaired) electrons. The molecule has 2 saturated carbocycles. The predicted octanol–water partition coefficient (Wildman–Crippen LogP) is 3.64. The molecule has 0 heterocycles. The number of ether oxygens (including phenoxy) is 1. The second kappa shape index (κ2) is 4.77. The Morgan fingerprint density at radius 3 is 2.60 bits per heavy atom. The highest BCUT2D eigenvalue weighted by molar-refractivity contribution is 5.38. The van der Waals surface area contributed by atoms with Crippen molar-refractivity contribution in [3.63, 3.8) is 0 Å². The number of hydrogen-bond donors (Lipinski definition) is 1. The smallest absolute Gasteiger partial charge is 0.120 e. The van der Waals surface area contributed by atoms with Crippen LogP contribution in [0.2, 0.25) is 0 Å². The molecule has 0 saturated heterocycles. The molecule has 4 rings (SSSR count). The van der Waals surface area contributed by atoms with Gasteiger partial charge in [0.2, 0.25) is 0 Å². The molecule has 20 heavy (non-hydrogen) atoms. The van der Waals surface area contributed by atoms with Gasteiger partial charge in [-0.15, -0.1) is 0 Å². The van der Waals surface area contributed by atoms with Crippen LogP contribution in [-0.4, -0.2) is 17.3 Å². The van der Waals surface area contributed by atoms with E-state index in [2.05, 4.69) is 18.2 Å². The maximum Gasteiger partial charge on any atom is 0.120 e. The third-order valence-corrected chi connectivity index (χ3v) is 5.87. The number of hydrogen-bond acceptors (Lipinski definition) is 2. The average molecular weight is 272 g/mol. The summed E-state index contributed by atoms with van der Waals surface area (Å²) in [5, 5.41) is 10.2. The van der Waals surface area contributed by atoms with Crippen LogP contribution in [0, 0.1) is 5.41 Å². The van der Waals surface area contributed by atoms with E-state index in [1.54, 1.807) is 0 Å². The number of benzene rings is 1. The average Bonchev–Trinajstić information content (AvgIpc) is 2.95. The molecule has 2 unspecified atom stereocenters. The lowest BCUT2D eigenvalue weighted by Gasteiger charge is -2.55. The van der Waals surface area contributed by atoms with Crippen molar-refractivity contribution in [2.75, 3.05) is 0 Å². The first-order valence-electron chi connectivity index (χ1n) is 8.24. The van der Waals surface area contributed by atoms with E-state index in [0.717, 1.165) is 25.0 Å². The van der Waals surface area contributed by atoms with Gasteiger partial charge in [0.1, 0.15) is 11.9 Å². The second-order valence-corrected chi connectivity index (χ2v) is 6.94. The summed E-state index contributed by atoms with van der Waals surface area (Å²) < 4.78 is 6.28. The monoisotopic (exact) mass is 272 g/mol. The van der Waals surface area contributed by atoms with E-state index >= 15 is 0 Å². The Hall–Kier alpha value is -1.02. The molecule has 2 nitrogen and oxygen atoms in total. The van der Waals surface area contributed by atoms with Crippen molar-refractivity contribution < 1.29 is 9.84 Å². The molecule has 0 aromatic heterocycles. The minimum absolute atomic E-state index is 0.0667. The third-order valence-electron chi connectivity index (χ3n) is 5.87. The Morgan fingerprint density at radius 1 is 1.00 bits per heavy atom. The van der Waals surface area contributed by atoms with E-state index in [9.17, 15) is 5.11 Å². The van der Waals surface area contributed by atoms with E-state index in [4.69, 9.17) is 4.74 Å². The number of fused-ring (bicyclic) bond motifs is 1. The van der Waals surface area contributed by atoms with Gasteiger partial charge >= 0.3 is 0 Å². The molecule has 1 aromatic carbocycles. The van der Waals surface area contributed by atoms with Crippen LogP contribution >= 0.6 is 0 Å². The van der Waals surface area contributed by atoms with Crippen LogP contribution in [0.25, 0.3) is 0 Å². The highest BCUT2D eigenvalue weighted by atomic mass is 16.5. The number of aliphatic hydroxyl groups is 1. The molecule has 3 aliphatic carbocycles. The largest absolute Gasteiger partial charge is 0.490 e. The summed E-state index contributed by atoms with van der Waals surface area (Å²) in [4.78, 5) is 0. The number of rotatable bonds is 2. The van der Waals surface area contributed by atoms with Crippen LogP contribution in [0.3, 0.4) is 0 Å². The fraction of sp³-hybridized carbons (Fsp3) is 0.667. The Bertz CT molecular complexity index is 502. The van der Waals surface area contributed by atoms with Gasteiger partial charge in [-0.2, -0.15) is 0 Å². The van der Waals surface area contributed by atoms with Gasteiger partial charge in [0.15, 0.2) is 0 Å². The molecular weight excluding hydrogens is 248 g/mol. The number of aliphatic hydroxyl groups excluding tert-OH is 1. The normalized spacial score (nSPS) is 30.9. The zero-order valence-corrected chi connectivity index (χ0v) is 12.1. The summed E-state index contributed by atoms with van der Waals surface area (Å²) in [6.07, 6.45) is 10.7. The molecule has 2 heteroatoms. The van der Waals surface area contributed by atoms with Crippen LogP contribution in [0.15, 0.2) is 18.2 Å². The molecule has 1 aromatic rings. The highest BCUT2D eigenvalue weighted by Crippen LogP contribution is 2.53. The van der Waals surface area contributed by atoms with E-state index in [0.29, 0.717) is 0 Å². The van der Waals surface area contributed by atoms with Crippen LogP contribution in [0.5, 0.6) is 5.75 Å². The van der Waals surface area contributed by atoms with Gasteiger partial charge in [0.25, 0.3) is 0 Å². The first kappa shape index (κ1) is 12.7. The van der Waals surface area contributed by atoms with E-state index in [-0.39, 0.29) is 17.6 Å². The lowest BCUT2D eigenvalue weighted by atomic mass is 9.56. The minimum atomic E-state index is -0.137. The molecule has 0 amide bonds. The van der Waals surface area contributed by atoms with Gasteiger partial charge in [0.05, 0.1) is 6.10 Å². The van der Waals surface area contributed by atoms with Gasteiger partial charge in [0, 0.05) is 11.8 Å². The molecule has 0 aliphatic heterocycles. The molecule has 2 atom stereocenters. The quantitative estimate of drug-likeness (QED) is 0.890. The van der Waals surface area contributed by atoms with Gasteiger partial charge in [-0.3, -0.25) is 0 Å². The summed E-state index contributed by atoms with van der Waals surface area (Å²) in [6.45, 7) is 0. The van der Waals surface area contributed by atoms with Crippen LogP contribution in [0.4, 0.5) is 0 Å². The Labute approximate surface area is 121 Å². The summed E-state index contributed by atoms with van der Waals surface area (Å²) in [7, 11) is 0. The lowest BCUT2D eigenvalue weighted by Crippen LogP contribution is -2.60. The number of aryl methyl sites for hydroxylation is 2. The summed E-state index contributed by atoms with van der Waals surface area (Å²) in [5.74, 6) is 1.02. The molecule has 3 aliphatic rings. The molecule has 1 spiro atoms. The van der Waals surface area contributed by atoms with Crippen molar-refractivity contribution >= 4 is 0 Å². The van der Waals surface area contributed by atoms with Crippen molar-refractivity contribution in [1.29, 1.82) is 0 Å². The minimum Gasteiger partial charge on any atom is -0.490 e. The maximum absolute atomic E-state index is 10.2. The van der Waals surface area contributed by atoms with Crippen LogP contribution < -0.4 is 4.74 Å². The van der Waals surface area contributed by atoms with Crippen molar-refractivity contribution in [3.05, 3.63) is 29.3 Å². The summed E-state index contributed by atoms with van der Waals surface area (Å²) >= 11 is 0. The molecule has 1 N–H and O–H groups in total. The van der Waals surface area contributed by atoms with E-state index in [1.165, 1.54) is 49.7 Å². The van der Waals surface area contributed by atoms with Gasteiger partial charge in [-0.05, 0) is 55.4 Å².